The first-order valence-electron chi connectivity index (χ1n) is 9.28. The molecule has 0 aliphatic rings. The van der Waals surface area contributed by atoms with Crippen LogP contribution in [0.4, 0.5) is 4.39 Å². The first-order valence-corrected chi connectivity index (χ1v) is 9.28. The van der Waals surface area contributed by atoms with E-state index in [1.165, 1.54) is 32.1 Å². The summed E-state index contributed by atoms with van der Waals surface area (Å²) in [5.74, 6) is -0.706. The van der Waals surface area contributed by atoms with Gasteiger partial charge in [-0.2, -0.15) is 0 Å². The van der Waals surface area contributed by atoms with Gasteiger partial charge in [-0.05, 0) is 64.7 Å². The van der Waals surface area contributed by atoms with Crippen LogP contribution in [-0.2, 0) is 4.79 Å². The minimum Gasteiger partial charge on any atom is -0.481 e. The standard InChI is InChI=1S/C20H35FO2/c1-19(21)17-15-13-11-9-7-5-3-2-4-6-8-10-12-14-16-18-20(22)23/h9-12,19H,2-8,13-18H2,1H3,(H,22,23)/b11-9-,12-10-/t19-/m1/s1. The summed E-state index contributed by atoms with van der Waals surface area (Å²) in [5, 5.41) is 8.51. The molecule has 0 radical (unpaired) electrons. The van der Waals surface area contributed by atoms with Crippen LogP contribution in [0, 0.1) is 0 Å². The van der Waals surface area contributed by atoms with Crippen LogP contribution in [0.5, 0.6) is 0 Å². The fraction of sp³-hybridized carbons (Fsp3) is 0.750. The van der Waals surface area contributed by atoms with Gasteiger partial charge in [-0.3, -0.25) is 4.79 Å². The Morgan fingerprint density at radius 3 is 1.74 bits per heavy atom. The monoisotopic (exact) mass is 326 g/mol. The molecule has 0 aliphatic carbocycles. The lowest BCUT2D eigenvalue weighted by molar-refractivity contribution is -0.137. The molecule has 0 saturated carbocycles. The summed E-state index contributed by atoms with van der Waals surface area (Å²) in [7, 11) is 0. The van der Waals surface area contributed by atoms with Crippen molar-refractivity contribution in [2.24, 2.45) is 0 Å². The molecule has 0 bridgehead atoms. The van der Waals surface area contributed by atoms with Crippen LogP contribution in [0.25, 0.3) is 0 Å². The van der Waals surface area contributed by atoms with Crippen LogP contribution in [0.1, 0.15) is 90.4 Å². The first kappa shape index (κ1) is 21.9. The number of rotatable bonds is 16. The molecular weight excluding hydrogens is 291 g/mol. The van der Waals surface area contributed by atoms with E-state index in [-0.39, 0.29) is 6.42 Å². The van der Waals surface area contributed by atoms with Crippen LogP contribution in [-0.4, -0.2) is 17.2 Å². The summed E-state index contributed by atoms with van der Waals surface area (Å²) in [4.78, 5) is 10.3. The number of carboxylic acids is 1. The minimum atomic E-state index is -0.706. The maximum atomic E-state index is 12.6. The summed E-state index contributed by atoms with van der Waals surface area (Å²) in [6.07, 6.45) is 21.2. The predicted octanol–water partition coefficient (Wildman–Crippen LogP) is 6.61. The van der Waals surface area contributed by atoms with Crippen molar-refractivity contribution in [3.63, 3.8) is 0 Å². The Bertz CT molecular complexity index is 322. The number of hydrogen-bond acceptors (Lipinski definition) is 1. The third-order valence-electron chi connectivity index (χ3n) is 3.81. The molecule has 0 spiro atoms. The lowest BCUT2D eigenvalue weighted by Gasteiger charge is -1.99. The van der Waals surface area contributed by atoms with E-state index in [4.69, 9.17) is 5.11 Å². The van der Waals surface area contributed by atoms with Gasteiger partial charge < -0.3 is 5.11 Å². The summed E-state index contributed by atoms with van der Waals surface area (Å²) >= 11 is 0. The molecule has 1 atom stereocenters. The van der Waals surface area contributed by atoms with E-state index in [0.29, 0.717) is 6.42 Å². The predicted molar refractivity (Wildman–Crippen MR) is 96.5 cm³/mol. The van der Waals surface area contributed by atoms with Crippen molar-refractivity contribution >= 4 is 5.97 Å². The van der Waals surface area contributed by atoms with Gasteiger partial charge in [-0.25, -0.2) is 4.39 Å². The second kappa shape index (κ2) is 17.2. The molecule has 134 valence electrons. The van der Waals surface area contributed by atoms with E-state index >= 15 is 0 Å². The van der Waals surface area contributed by atoms with Crippen LogP contribution in [0.3, 0.4) is 0 Å². The van der Waals surface area contributed by atoms with Gasteiger partial charge in [0.05, 0.1) is 6.17 Å². The number of halogens is 1. The Kier molecular flexibility index (Phi) is 16.4. The van der Waals surface area contributed by atoms with Crippen LogP contribution in [0.15, 0.2) is 24.3 Å². The maximum Gasteiger partial charge on any atom is 0.303 e. The fourth-order valence-corrected chi connectivity index (χ4v) is 2.41. The molecule has 0 amide bonds. The van der Waals surface area contributed by atoms with Crippen molar-refractivity contribution in [3.05, 3.63) is 24.3 Å². The first-order chi connectivity index (χ1) is 11.1. The number of alkyl halides is 1. The number of allylic oxidation sites excluding steroid dienone is 4. The highest BCUT2D eigenvalue weighted by Gasteiger charge is 1.95. The number of carboxylic acid groups (broad SMARTS) is 1. The van der Waals surface area contributed by atoms with E-state index in [2.05, 4.69) is 24.3 Å². The van der Waals surface area contributed by atoms with Gasteiger partial charge in [0.2, 0.25) is 0 Å². The number of hydrogen-bond donors (Lipinski definition) is 1. The molecule has 0 saturated heterocycles. The molecule has 23 heavy (non-hydrogen) atoms. The number of aliphatic carboxylic acids is 1. The summed E-state index contributed by atoms with van der Waals surface area (Å²) < 4.78 is 12.6. The highest BCUT2D eigenvalue weighted by Crippen LogP contribution is 2.09. The minimum absolute atomic E-state index is 0.272. The van der Waals surface area contributed by atoms with Gasteiger partial charge in [0.1, 0.15) is 0 Å². The van der Waals surface area contributed by atoms with Crippen molar-refractivity contribution in [2.45, 2.75) is 96.6 Å². The van der Waals surface area contributed by atoms with Gasteiger partial charge >= 0.3 is 5.97 Å². The topological polar surface area (TPSA) is 37.3 Å². The molecule has 2 nitrogen and oxygen atoms in total. The highest BCUT2D eigenvalue weighted by atomic mass is 19.1. The second-order valence-corrected chi connectivity index (χ2v) is 6.29. The van der Waals surface area contributed by atoms with Gasteiger partial charge in [-0.15, -0.1) is 0 Å². The van der Waals surface area contributed by atoms with Crippen LogP contribution < -0.4 is 0 Å². The summed E-state index contributed by atoms with van der Waals surface area (Å²) in [5.41, 5.74) is 0. The molecular formula is C20H35FO2. The highest BCUT2D eigenvalue weighted by molar-refractivity contribution is 5.66. The molecule has 1 N–H and O–H groups in total. The van der Waals surface area contributed by atoms with Gasteiger partial charge in [0.25, 0.3) is 0 Å². The van der Waals surface area contributed by atoms with Crippen molar-refractivity contribution in [3.8, 4) is 0 Å². The quantitative estimate of drug-likeness (QED) is 0.256. The number of unbranched alkanes of at least 4 members (excludes halogenated alkanes) is 8. The molecule has 3 heteroatoms. The van der Waals surface area contributed by atoms with Crippen LogP contribution >= 0.6 is 0 Å². The van der Waals surface area contributed by atoms with Crippen molar-refractivity contribution < 1.29 is 14.3 Å². The van der Waals surface area contributed by atoms with E-state index in [0.717, 1.165) is 38.5 Å². The lowest BCUT2D eigenvalue weighted by Crippen LogP contribution is -1.92. The Morgan fingerprint density at radius 1 is 0.826 bits per heavy atom. The zero-order chi connectivity index (χ0) is 17.2. The van der Waals surface area contributed by atoms with E-state index in [1.807, 2.05) is 0 Å². The molecule has 0 unspecified atom stereocenters. The third kappa shape index (κ3) is 20.9. The Morgan fingerprint density at radius 2 is 1.26 bits per heavy atom. The number of carbonyl (C=O) groups is 1. The average Bonchev–Trinajstić information content (AvgIpc) is 2.49. The average molecular weight is 326 g/mol. The molecule has 0 aliphatic heterocycles. The molecule has 0 aromatic carbocycles. The van der Waals surface area contributed by atoms with Gasteiger partial charge in [0, 0.05) is 6.42 Å². The zero-order valence-corrected chi connectivity index (χ0v) is 14.8. The van der Waals surface area contributed by atoms with Gasteiger partial charge in [-0.1, -0.05) is 43.6 Å². The van der Waals surface area contributed by atoms with E-state index < -0.39 is 12.1 Å². The summed E-state index contributed by atoms with van der Waals surface area (Å²) in [6.45, 7) is 1.62. The molecule has 0 aromatic rings. The SMILES string of the molecule is C[C@@H](F)CCC/C=C\CCCCCCC/C=C\CCCC(=O)O. The van der Waals surface area contributed by atoms with Gasteiger partial charge in [0.15, 0.2) is 0 Å². The molecule has 0 fully saturated rings. The molecule has 0 heterocycles. The second-order valence-electron chi connectivity index (χ2n) is 6.29. The third-order valence-corrected chi connectivity index (χ3v) is 3.81. The molecule has 0 aromatic heterocycles. The normalized spacial score (nSPS) is 13.1. The Labute approximate surface area is 141 Å². The Balaban J connectivity index is 3.17. The van der Waals surface area contributed by atoms with Crippen molar-refractivity contribution in [2.75, 3.05) is 0 Å². The van der Waals surface area contributed by atoms with Crippen LogP contribution in [0.2, 0.25) is 0 Å². The zero-order valence-electron chi connectivity index (χ0n) is 14.8. The smallest absolute Gasteiger partial charge is 0.303 e. The van der Waals surface area contributed by atoms with Crippen molar-refractivity contribution in [1.29, 1.82) is 0 Å². The maximum absolute atomic E-state index is 12.6. The summed E-state index contributed by atoms with van der Waals surface area (Å²) in [6, 6.07) is 0. The lowest BCUT2D eigenvalue weighted by atomic mass is 10.1. The Hall–Kier alpha value is -1.12. The van der Waals surface area contributed by atoms with E-state index in [1.54, 1.807) is 6.92 Å². The fourth-order valence-electron chi connectivity index (χ4n) is 2.41. The van der Waals surface area contributed by atoms with Crippen molar-refractivity contribution in [1.82, 2.24) is 0 Å². The largest absolute Gasteiger partial charge is 0.481 e. The van der Waals surface area contributed by atoms with E-state index in [9.17, 15) is 9.18 Å². The molecule has 0 rings (SSSR count).